The van der Waals surface area contributed by atoms with Crippen molar-refractivity contribution in [2.45, 2.75) is 19.4 Å². The Hall–Kier alpha value is -0.160. The highest BCUT2D eigenvalue weighted by Crippen LogP contribution is 2.29. The highest BCUT2D eigenvalue weighted by Gasteiger charge is 2.14. The first-order valence-electron chi connectivity index (χ1n) is 5.15. The quantitative estimate of drug-likeness (QED) is 0.882. The van der Waals surface area contributed by atoms with Gasteiger partial charge in [0.1, 0.15) is 0 Å². The van der Waals surface area contributed by atoms with E-state index in [0.717, 1.165) is 6.42 Å². The zero-order valence-electron chi connectivity index (χ0n) is 9.29. The first-order chi connectivity index (χ1) is 7.70. The maximum atomic E-state index is 3.50. The molecule has 0 saturated heterocycles. The van der Waals surface area contributed by atoms with E-state index in [0.29, 0.717) is 6.04 Å². The van der Waals surface area contributed by atoms with E-state index in [1.165, 1.54) is 19.8 Å². The summed E-state index contributed by atoms with van der Waals surface area (Å²) in [5.41, 5.74) is 1.39. The Morgan fingerprint density at radius 1 is 1.44 bits per heavy atom. The van der Waals surface area contributed by atoms with Crippen LogP contribution in [0.1, 0.15) is 21.4 Å². The van der Waals surface area contributed by atoms with Gasteiger partial charge in [-0.3, -0.25) is 0 Å². The molecule has 0 bridgehead atoms. The predicted octanol–water partition coefficient (Wildman–Crippen LogP) is 4.38. The molecule has 1 atom stereocenters. The Bertz CT molecular complexity index is 461. The maximum Gasteiger partial charge on any atom is 0.0463 e. The van der Waals surface area contributed by atoms with Crippen LogP contribution < -0.4 is 5.32 Å². The average Bonchev–Trinajstić information content (AvgIpc) is 2.84. The molecule has 0 fully saturated rings. The molecule has 0 spiro atoms. The van der Waals surface area contributed by atoms with Crippen molar-refractivity contribution in [1.29, 1.82) is 0 Å². The van der Waals surface area contributed by atoms with Gasteiger partial charge >= 0.3 is 0 Å². The molecular weight excluding hydrogens is 302 g/mol. The Kier molecular flexibility index (Phi) is 4.19. The molecule has 0 aliphatic carbocycles. The van der Waals surface area contributed by atoms with E-state index in [4.69, 9.17) is 0 Å². The van der Waals surface area contributed by atoms with Gasteiger partial charge in [0.15, 0.2) is 0 Å². The number of thiophene rings is 2. The topological polar surface area (TPSA) is 12.0 Å². The van der Waals surface area contributed by atoms with Gasteiger partial charge in [-0.1, -0.05) is 0 Å². The summed E-state index contributed by atoms with van der Waals surface area (Å²) in [6.45, 7) is 2.18. The van der Waals surface area contributed by atoms with Gasteiger partial charge in [-0.25, -0.2) is 0 Å². The summed E-state index contributed by atoms with van der Waals surface area (Å²) in [6, 6.07) is 4.83. The summed E-state index contributed by atoms with van der Waals surface area (Å²) in [5.74, 6) is 0. The number of halogens is 1. The second-order valence-corrected chi connectivity index (χ2v) is 6.60. The fraction of sp³-hybridized carbons (Fsp3) is 0.333. The van der Waals surface area contributed by atoms with Gasteiger partial charge in [0.2, 0.25) is 0 Å². The highest BCUT2D eigenvalue weighted by molar-refractivity contribution is 9.10. The van der Waals surface area contributed by atoms with Crippen LogP contribution in [0.2, 0.25) is 0 Å². The second-order valence-electron chi connectivity index (χ2n) is 3.74. The minimum absolute atomic E-state index is 0.436. The van der Waals surface area contributed by atoms with E-state index >= 15 is 0 Å². The molecule has 16 heavy (non-hydrogen) atoms. The maximum absolute atomic E-state index is 3.50. The molecule has 0 aliphatic rings. The zero-order valence-corrected chi connectivity index (χ0v) is 12.5. The monoisotopic (exact) mass is 315 g/mol. The van der Waals surface area contributed by atoms with E-state index in [1.54, 1.807) is 0 Å². The Morgan fingerprint density at radius 2 is 2.25 bits per heavy atom. The van der Waals surface area contributed by atoms with Gasteiger partial charge in [0, 0.05) is 32.1 Å². The molecule has 0 saturated carbocycles. The van der Waals surface area contributed by atoms with Crippen LogP contribution in [0, 0.1) is 6.92 Å². The molecule has 86 valence electrons. The highest BCUT2D eigenvalue weighted by atomic mass is 79.9. The predicted molar refractivity (Wildman–Crippen MR) is 76.6 cm³/mol. The molecule has 2 rings (SSSR count). The van der Waals surface area contributed by atoms with Crippen LogP contribution in [0.15, 0.2) is 27.4 Å². The molecule has 2 aromatic heterocycles. The number of aryl methyl sites for hydroxylation is 1. The van der Waals surface area contributed by atoms with Crippen LogP contribution in [-0.2, 0) is 6.42 Å². The van der Waals surface area contributed by atoms with Crippen molar-refractivity contribution in [3.8, 4) is 0 Å². The Balaban J connectivity index is 2.15. The Labute approximate surface area is 113 Å². The van der Waals surface area contributed by atoms with Crippen molar-refractivity contribution in [3.63, 3.8) is 0 Å². The van der Waals surface area contributed by atoms with Gasteiger partial charge in [-0.15, -0.1) is 22.7 Å². The minimum Gasteiger partial charge on any atom is -0.312 e. The fourth-order valence-corrected chi connectivity index (χ4v) is 4.27. The molecule has 0 amide bonds. The van der Waals surface area contributed by atoms with Gasteiger partial charge in [0.05, 0.1) is 0 Å². The second kappa shape index (κ2) is 5.45. The lowest BCUT2D eigenvalue weighted by Gasteiger charge is -2.14. The normalized spacial score (nSPS) is 12.9. The first-order valence-corrected chi connectivity index (χ1v) is 7.70. The number of rotatable bonds is 4. The molecule has 0 aromatic carbocycles. The van der Waals surface area contributed by atoms with Crippen LogP contribution in [0.3, 0.4) is 0 Å². The SMILES string of the molecule is CNC(Cc1cc(Br)cs1)c1sccc1C. The van der Waals surface area contributed by atoms with Crippen molar-refractivity contribution in [2.24, 2.45) is 0 Å². The molecule has 0 aliphatic heterocycles. The van der Waals surface area contributed by atoms with Crippen LogP contribution in [-0.4, -0.2) is 7.05 Å². The molecule has 1 N–H and O–H groups in total. The molecule has 0 radical (unpaired) electrons. The van der Waals surface area contributed by atoms with E-state index < -0.39 is 0 Å². The lowest BCUT2D eigenvalue weighted by Crippen LogP contribution is -2.17. The molecule has 2 aromatic rings. The standard InChI is InChI=1S/C12H14BrNS2/c1-8-3-4-15-12(8)11(14-2)6-10-5-9(13)7-16-10/h3-5,7,11,14H,6H2,1-2H3. The molecule has 2 heterocycles. The summed E-state index contributed by atoms with van der Waals surface area (Å²) in [7, 11) is 2.03. The van der Waals surface area contributed by atoms with E-state index in [-0.39, 0.29) is 0 Å². The van der Waals surface area contributed by atoms with Crippen molar-refractivity contribution in [1.82, 2.24) is 5.32 Å². The smallest absolute Gasteiger partial charge is 0.0463 e. The summed E-state index contributed by atoms with van der Waals surface area (Å²) >= 11 is 7.15. The molecule has 1 unspecified atom stereocenters. The average molecular weight is 316 g/mol. The summed E-state index contributed by atoms with van der Waals surface area (Å²) in [5, 5.41) is 7.71. The molecule has 1 nitrogen and oxygen atoms in total. The number of nitrogens with one attached hydrogen (secondary N) is 1. The van der Waals surface area contributed by atoms with Crippen LogP contribution in [0.25, 0.3) is 0 Å². The fourth-order valence-electron chi connectivity index (χ4n) is 1.73. The van der Waals surface area contributed by atoms with E-state index in [9.17, 15) is 0 Å². The minimum atomic E-state index is 0.436. The van der Waals surface area contributed by atoms with Crippen molar-refractivity contribution in [2.75, 3.05) is 7.05 Å². The number of hydrogen-bond acceptors (Lipinski definition) is 3. The van der Waals surface area contributed by atoms with Crippen molar-refractivity contribution < 1.29 is 0 Å². The third-order valence-corrected chi connectivity index (χ3v) is 5.45. The number of hydrogen-bond donors (Lipinski definition) is 1. The third kappa shape index (κ3) is 2.74. The first kappa shape index (κ1) is 12.3. The summed E-state index contributed by atoms with van der Waals surface area (Å²) in [4.78, 5) is 2.87. The Morgan fingerprint density at radius 3 is 2.75 bits per heavy atom. The lowest BCUT2D eigenvalue weighted by atomic mass is 10.1. The van der Waals surface area contributed by atoms with Gasteiger partial charge in [-0.2, -0.15) is 0 Å². The summed E-state index contributed by atoms with van der Waals surface area (Å²) < 4.78 is 1.19. The van der Waals surface area contributed by atoms with E-state index in [2.05, 4.69) is 51.1 Å². The van der Waals surface area contributed by atoms with Crippen LogP contribution >= 0.6 is 38.6 Å². The zero-order chi connectivity index (χ0) is 11.5. The van der Waals surface area contributed by atoms with Crippen molar-refractivity contribution >= 4 is 38.6 Å². The third-order valence-electron chi connectivity index (χ3n) is 2.59. The van der Waals surface area contributed by atoms with Gasteiger partial charge in [-0.05, 0) is 53.0 Å². The van der Waals surface area contributed by atoms with Crippen LogP contribution in [0.4, 0.5) is 0 Å². The van der Waals surface area contributed by atoms with Crippen molar-refractivity contribution in [3.05, 3.63) is 42.7 Å². The van der Waals surface area contributed by atoms with Gasteiger partial charge < -0.3 is 5.32 Å². The lowest BCUT2D eigenvalue weighted by molar-refractivity contribution is 0.604. The largest absolute Gasteiger partial charge is 0.312 e. The number of likely N-dealkylation sites (N-methyl/N-ethyl adjacent to an activating group) is 1. The molecule has 4 heteroatoms. The molecular formula is C12H14BrNS2. The summed E-state index contributed by atoms with van der Waals surface area (Å²) in [6.07, 6.45) is 1.06. The van der Waals surface area contributed by atoms with Crippen LogP contribution in [0.5, 0.6) is 0 Å². The van der Waals surface area contributed by atoms with E-state index in [1.807, 2.05) is 29.7 Å². The van der Waals surface area contributed by atoms with Gasteiger partial charge in [0.25, 0.3) is 0 Å².